The predicted octanol–water partition coefficient (Wildman–Crippen LogP) is 2.02. The molecular weight excluding hydrogens is 378 g/mol. The Kier molecular flexibility index (Phi) is 5.17. The van der Waals surface area contributed by atoms with Crippen molar-refractivity contribution in [1.29, 1.82) is 0 Å². The van der Waals surface area contributed by atoms with E-state index in [0.717, 1.165) is 0 Å². The van der Waals surface area contributed by atoms with Crippen molar-refractivity contribution in [3.8, 4) is 0 Å². The largest absolute Gasteiger partial charge is 0.356 e. The Bertz CT molecular complexity index is 946. The number of piperazine rings is 1. The molecule has 0 radical (unpaired) electrons. The van der Waals surface area contributed by atoms with Crippen LogP contribution in [0.25, 0.3) is 0 Å². The fourth-order valence-electron chi connectivity index (χ4n) is 2.80. The molecule has 0 bridgehead atoms. The van der Waals surface area contributed by atoms with Gasteiger partial charge in [-0.2, -0.15) is 4.31 Å². The lowest BCUT2D eigenvalue weighted by molar-refractivity contribution is 0.0692. The van der Waals surface area contributed by atoms with Crippen molar-refractivity contribution in [3.05, 3.63) is 52.8 Å². The van der Waals surface area contributed by atoms with Crippen LogP contribution < -0.4 is 0 Å². The van der Waals surface area contributed by atoms with E-state index in [2.05, 4.69) is 4.98 Å². The van der Waals surface area contributed by atoms with E-state index in [1.807, 2.05) is 0 Å². The van der Waals surface area contributed by atoms with Crippen LogP contribution in [-0.4, -0.2) is 60.5 Å². The molecule has 0 aliphatic carbocycles. The molecular formula is C17H18ClN3O4S. The number of Topliss-reactive ketones (excluding diaryl/α,β-unsaturated/α-hetero) is 1. The zero-order chi connectivity index (χ0) is 18.9. The third kappa shape index (κ3) is 3.67. The van der Waals surface area contributed by atoms with Crippen LogP contribution in [-0.2, 0) is 10.0 Å². The van der Waals surface area contributed by atoms with Crippen molar-refractivity contribution >= 4 is 33.3 Å². The Morgan fingerprint density at radius 2 is 1.81 bits per heavy atom. The van der Waals surface area contributed by atoms with E-state index in [0.29, 0.717) is 16.3 Å². The average molecular weight is 396 g/mol. The maximum Gasteiger partial charge on any atom is 0.270 e. The minimum Gasteiger partial charge on any atom is -0.356 e. The van der Waals surface area contributed by atoms with Crippen LogP contribution in [0.4, 0.5) is 0 Å². The zero-order valence-electron chi connectivity index (χ0n) is 14.1. The second-order valence-electron chi connectivity index (χ2n) is 6.01. The monoisotopic (exact) mass is 395 g/mol. The number of rotatable bonds is 4. The first-order chi connectivity index (χ1) is 12.3. The Morgan fingerprint density at radius 1 is 1.12 bits per heavy atom. The van der Waals surface area contributed by atoms with Crippen molar-refractivity contribution in [2.75, 3.05) is 26.2 Å². The van der Waals surface area contributed by atoms with E-state index in [4.69, 9.17) is 11.6 Å². The molecule has 2 heterocycles. The van der Waals surface area contributed by atoms with Gasteiger partial charge in [0.25, 0.3) is 5.91 Å². The van der Waals surface area contributed by atoms with Gasteiger partial charge in [-0.15, -0.1) is 0 Å². The Morgan fingerprint density at radius 3 is 2.38 bits per heavy atom. The number of nitrogens with zero attached hydrogens (tertiary/aromatic N) is 2. The predicted molar refractivity (Wildman–Crippen MR) is 96.9 cm³/mol. The summed E-state index contributed by atoms with van der Waals surface area (Å²) in [5, 5.41) is 0.355. The van der Waals surface area contributed by atoms with Gasteiger partial charge in [0, 0.05) is 43.0 Å². The van der Waals surface area contributed by atoms with E-state index in [1.54, 1.807) is 17.0 Å². The first kappa shape index (κ1) is 18.6. The molecule has 1 saturated heterocycles. The second kappa shape index (κ2) is 7.22. The summed E-state index contributed by atoms with van der Waals surface area (Å²) in [4.78, 5) is 28.4. The van der Waals surface area contributed by atoms with Crippen molar-refractivity contribution in [1.82, 2.24) is 14.2 Å². The van der Waals surface area contributed by atoms with Crippen molar-refractivity contribution in [2.24, 2.45) is 0 Å². The quantitative estimate of drug-likeness (QED) is 0.802. The summed E-state index contributed by atoms with van der Waals surface area (Å²) in [6, 6.07) is 7.63. The molecule has 0 atom stereocenters. The molecule has 0 unspecified atom stereocenters. The summed E-state index contributed by atoms with van der Waals surface area (Å²) in [5.74, 6) is -0.380. The highest BCUT2D eigenvalue weighted by atomic mass is 35.5. The smallest absolute Gasteiger partial charge is 0.270 e. The maximum absolute atomic E-state index is 12.7. The summed E-state index contributed by atoms with van der Waals surface area (Å²) in [5.41, 5.74) is 0.761. The maximum atomic E-state index is 12.7. The molecule has 26 heavy (non-hydrogen) atoms. The molecule has 0 saturated carbocycles. The van der Waals surface area contributed by atoms with Gasteiger partial charge >= 0.3 is 0 Å². The lowest BCUT2D eigenvalue weighted by Crippen LogP contribution is -2.50. The number of halogens is 1. The number of H-pyrrole nitrogens is 1. The van der Waals surface area contributed by atoms with Gasteiger partial charge in [0.15, 0.2) is 5.78 Å². The second-order valence-corrected chi connectivity index (χ2v) is 8.39. The number of sulfonamides is 1. The van der Waals surface area contributed by atoms with Crippen molar-refractivity contribution in [2.45, 2.75) is 11.8 Å². The van der Waals surface area contributed by atoms with Crippen LogP contribution in [0.15, 0.2) is 41.4 Å². The Balaban J connectivity index is 1.68. The summed E-state index contributed by atoms with van der Waals surface area (Å²) in [6.45, 7) is 2.36. The topological polar surface area (TPSA) is 90.6 Å². The minimum absolute atomic E-state index is 0.127. The molecule has 2 aromatic rings. The normalized spacial score (nSPS) is 15.8. The molecule has 1 aromatic heterocycles. The Hall–Kier alpha value is -2.16. The number of benzene rings is 1. The highest BCUT2D eigenvalue weighted by Gasteiger charge is 2.31. The lowest BCUT2D eigenvalue weighted by Gasteiger charge is -2.33. The summed E-state index contributed by atoms with van der Waals surface area (Å²) in [7, 11) is -3.65. The summed E-state index contributed by atoms with van der Waals surface area (Å²) < 4.78 is 26.7. The SMILES string of the molecule is CC(=O)c1c[nH]c(C(=O)N2CCN(S(=O)(=O)c3cccc(Cl)c3)CC2)c1. The van der Waals surface area contributed by atoms with Gasteiger partial charge in [0.2, 0.25) is 10.0 Å². The number of carbonyl (C=O) groups excluding carboxylic acids is 2. The molecule has 138 valence electrons. The van der Waals surface area contributed by atoms with Crippen LogP contribution in [0.2, 0.25) is 5.02 Å². The highest BCUT2D eigenvalue weighted by Crippen LogP contribution is 2.21. The number of aromatic amines is 1. The van der Waals surface area contributed by atoms with E-state index in [9.17, 15) is 18.0 Å². The fourth-order valence-corrected chi connectivity index (χ4v) is 4.52. The minimum atomic E-state index is -3.65. The van der Waals surface area contributed by atoms with Gasteiger partial charge in [-0.25, -0.2) is 8.42 Å². The first-order valence-corrected chi connectivity index (χ1v) is 9.85. The van der Waals surface area contributed by atoms with Gasteiger partial charge in [-0.3, -0.25) is 9.59 Å². The number of amides is 1. The molecule has 1 aliphatic rings. The van der Waals surface area contributed by atoms with Crippen molar-refractivity contribution < 1.29 is 18.0 Å². The third-order valence-corrected chi connectivity index (χ3v) is 6.41. The Labute approximate surface area is 156 Å². The molecule has 9 heteroatoms. The van der Waals surface area contributed by atoms with Crippen LogP contribution in [0.3, 0.4) is 0 Å². The molecule has 1 aliphatic heterocycles. The van der Waals surface area contributed by atoms with Crippen molar-refractivity contribution in [3.63, 3.8) is 0 Å². The number of carbonyl (C=O) groups is 2. The van der Waals surface area contributed by atoms with Gasteiger partial charge in [-0.05, 0) is 31.2 Å². The van der Waals surface area contributed by atoms with E-state index < -0.39 is 10.0 Å². The summed E-state index contributed by atoms with van der Waals surface area (Å²) in [6.07, 6.45) is 1.50. The number of aromatic nitrogens is 1. The van der Waals surface area contributed by atoms with Crippen LogP contribution in [0.1, 0.15) is 27.8 Å². The van der Waals surface area contributed by atoms with E-state index in [1.165, 1.54) is 35.6 Å². The number of ketones is 1. The van der Waals surface area contributed by atoms with Gasteiger partial charge in [0.05, 0.1) is 4.90 Å². The molecule has 3 rings (SSSR count). The number of nitrogens with one attached hydrogen (secondary N) is 1. The average Bonchev–Trinajstić information content (AvgIpc) is 3.11. The molecule has 1 amide bonds. The van der Waals surface area contributed by atoms with Gasteiger partial charge in [-0.1, -0.05) is 17.7 Å². The lowest BCUT2D eigenvalue weighted by atomic mass is 10.2. The first-order valence-electron chi connectivity index (χ1n) is 8.03. The van der Waals surface area contributed by atoms with Crippen LogP contribution >= 0.6 is 11.6 Å². The molecule has 1 aromatic carbocycles. The summed E-state index contributed by atoms with van der Waals surface area (Å²) >= 11 is 5.88. The molecule has 1 N–H and O–H groups in total. The van der Waals surface area contributed by atoms with Gasteiger partial charge < -0.3 is 9.88 Å². The zero-order valence-corrected chi connectivity index (χ0v) is 15.7. The van der Waals surface area contributed by atoms with Crippen LogP contribution in [0, 0.1) is 0 Å². The molecule has 7 nitrogen and oxygen atoms in total. The highest BCUT2D eigenvalue weighted by molar-refractivity contribution is 7.89. The van der Waals surface area contributed by atoms with E-state index >= 15 is 0 Å². The fraction of sp³-hybridized carbons (Fsp3) is 0.294. The van der Waals surface area contributed by atoms with Gasteiger partial charge in [0.1, 0.15) is 5.69 Å². The standard InChI is InChI=1S/C17H18ClN3O4S/c1-12(22)13-9-16(19-11-13)17(23)20-5-7-21(8-6-20)26(24,25)15-4-2-3-14(18)10-15/h2-4,9-11,19H,5-8H2,1H3. The third-order valence-electron chi connectivity index (χ3n) is 4.28. The molecule has 0 spiro atoms. The number of hydrogen-bond acceptors (Lipinski definition) is 4. The van der Waals surface area contributed by atoms with E-state index in [-0.39, 0.29) is 42.8 Å². The number of hydrogen-bond donors (Lipinski definition) is 1. The van der Waals surface area contributed by atoms with Crippen LogP contribution in [0.5, 0.6) is 0 Å². The molecule has 1 fully saturated rings.